The van der Waals surface area contributed by atoms with Gasteiger partial charge >= 0.3 is 0 Å². The lowest BCUT2D eigenvalue weighted by atomic mass is 10.2. The first-order valence-corrected chi connectivity index (χ1v) is 8.39. The van der Waals surface area contributed by atoms with Crippen LogP contribution in [0.4, 0.5) is 5.13 Å². The molecule has 0 saturated carbocycles. The van der Waals surface area contributed by atoms with E-state index < -0.39 is 0 Å². The van der Waals surface area contributed by atoms with Gasteiger partial charge in [0.25, 0.3) is 0 Å². The number of hydrogen-bond acceptors (Lipinski definition) is 4. The van der Waals surface area contributed by atoms with Gasteiger partial charge in [-0.1, -0.05) is 36.7 Å². The standard InChI is InChI=1S/C16H17ClN4S/c1-3-14-11(9-21(2)20-14)8-18-16-19-15(10-22-16)12-6-4-5-7-13(12)17/h4-7,9-10H,3,8H2,1-2H3,(H,18,19). The van der Waals surface area contributed by atoms with Crippen molar-refractivity contribution in [3.63, 3.8) is 0 Å². The highest BCUT2D eigenvalue weighted by Gasteiger charge is 2.09. The number of anilines is 1. The largest absolute Gasteiger partial charge is 0.357 e. The minimum atomic E-state index is 0.722. The lowest BCUT2D eigenvalue weighted by molar-refractivity contribution is 0.746. The van der Waals surface area contributed by atoms with Crippen LogP contribution in [-0.2, 0) is 20.0 Å². The second-order valence-electron chi connectivity index (χ2n) is 5.00. The van der Waals surface area contributed by atoms with Gasteiger partial charge < -0.3 is 5.32 Å². The number of nitrogens with zero attached hydrogens (tertiary/aromatic N) is 3. The van der Waals surface area contributed by atoms with Crippen LogP contribution in [0.15, 0.2) is 35.8 Å². The number of thiazole rings is 1. The van der Waals surface area contributed by atoms with Gasteiger partial charge in [0, 0.05) is 41.3 Å². The van der Waals surface area contributed by atoms with Crippen LogP contribution in [0.5, 0.6) is 0 Å². The molecule has 1 aromatic carbocycles. The van der Waals surface area contributed by atoms with E-state index in [2.05, 4.69) is 28.5 Å². The van der Waals surface area contributed by atoms with Crippen molar-refractivity contribution in [1.29, 1.82) is 0 Å². The van der Waals surface area contributed by atoms with Crippen molar-refractivity contribution in [1.82, 2.24) is 14.8 Å². The summed E-state index contributed by atoms with van der Waals surface area (Å²) in [7, 11) is 1.95. The Hall–Kier alpha value is -1.85. The van der Waals surface area contributed by atoms with Crippen LogP contribution < -0.4 is 5.32 Å². The predicted octanol–water partition coefficient (Wildman–Crippen LogP) is 4.37. The molecule has 1 N–H and O–H groups in total. The number of aryl methyl sites for hydroxylation is 2. The maximum absolute atomic E-state index is 6.22. The van der Waals surface area contributed by atoms with Crippen LogP contribution in [0, 0.1) is 0 Å². The molecule has 0 atom stereocenters. The van der Waals surface area contributed by atoms with E-state index in [1.54, 1.807) is 11.3 Å². The number of aromatic nitrogens is 3. The maximum Gasteiger partial charge on any atom is 0.183 e. The van der Waals surface area contributed by atoms with E-state index >= 15 is 0 Å². The smallest absolute Gasteiger partial charge is 0.183 e. The lowest BCUT2D eigenvalue weighted by Gasteiger charge is -2.02. The summed E-state index contributed by atoms with van der Waals surface area (Å²) in [5.74, 6) is 0. The Labute approximate surface area is 138 Å². The second-order valence-corrected chi connectivity index (χ2v) is 6.26. The molecule has 2 heterocycles. The Bertz CT molecular complexity index is 778. The van der Waals surface area contributed by atoms with Gasteiger partial charge in [-0.15, -0.1) is 11.3 Å². The van der Waals surface area contributed by atoms with Gasteiger partial charge in [0.1, 0.15) is 0 Å². The van der Waals surface area contributed by atoms with E-state index in [9.17, 15) is 0 Å². The first-order valence-electron chi connectivity index (χ1n) is 7.13. The van der Waals surface area contributed by atoms with Gasteiger partial charge in [-0.3, -0.25) is 4.68 Å². The van der Waals surface area contributed by atoms with E-state index in [-0.39, 0.29) is 0 Å². The molecular weight excluding hydrogens is 316 g/mol. The van der Waals surface area contributed by atoms with E-state index in [1.807, 2.05) is 41.4 Å². The zero-order valence-electron chi connectivity index (χ0n) is 12.5. The molecule has 0 spiro atoms. The lowest BCUT2D eigenvalue weighted by Crippen LogP contribution is -2.00. The molecule has 0 aliphatic carbocycles. The van der Waals surface area contributed by atoms with Gasteiger partial charge in [-0.05, 0) is 12.5 Å². The number of halogens is 1. The molecule has 22 heavy (non-hydrogen) atoms. The van der Waals surface area contributed by atoms with Crippen molar-refractivity contribution >= 4 is 28.1 Å². The molecule has 114 valence electrons. The molecule has 4 nitrogen and oxygen atoms in total. The van der Waals surface area contributed by atoms with Crippen molar-refractivity contribution in [3.05, 3.63) is 52.1 Å². The van der Waals surface area contributed by atoms with Crippen LogP contribution in [0.25, 0.3) is 11.3 Å². The fourth-order valence-electron chi connectivity index (χ4n) is 2.35. The summed E-state index contributed by atoms with van der Waals surface area (Å²) in [5, 5.41) is 11.5. The number of rotatable bonds is 5. The fourth-order valence-corrected chi connectivity index (χ4v) is 3.29. The van der Waals surface area contributed by atoms with Gasteiger partial charge in [0.15, 0.2) is 5.13 Å². The Kier molecular flexibility index (Phi) is 4.45. The van der Waals surface area contributed by atoms with E-state index in [0.29, 0.717) is 0 Å². The zero-order chi connectivity index (χ0) is 15.5. The number of benzene rings is 1. The summed E-state index contributed by atoms with van der Waals surface area (Å²) in [4.78, 5) is 4.61. The van der Waals surface area contributed by atoms with Crippen LogP contribution in [-0.4, -0.2) is 14.8 Å². The van der Waals surface area contributed by atoms with E-state index in [0.717, 1.165) is 40.1 Å². The highest BCUT2D eigenvalue weighted by molar-refractivity contribution is 7.14. The minimum absolute atomic E-state index is 0.722. The average molecular weight is 333 g/mol. The van der Waals surface area contributed by atoms with Gasteiger partial charge in [0.2, 0.25) is 0 Å². The van der Waals surface area contributed by atoms with Crippen LogP contribution >= 0.6 is 22.9 Å². The van der Waals surface area contributed by atoms with Gasteiger partial charge in [0.05, 0.1) is 11.4 Å². The van der Waals surface area contributed by atoms with Crippen molar-refractivity contribution in [3.8, 4) is 11.3 Å². The van der Waals surface area contributed by atoms with Gasteiger partial charge in [-0.25, -0.2) is 4.98 Å². The molecule has 0 aliphatic rings. The first-order chi connectivity index (χ1) is 10.7. The van der Waals surface area contributed by atoms with Gasteiger partial charge in [-0.2, -0.15) is 5.10 Å². The normalized spacial score (nSPS) is 10.9. The summed E-state index contributed by atoms with van der Waals surface area (Å²) < 4.78 is 1.85. The number of nitrogens with one attached hydrogen (secondary N) is 1. The third-order valence-electron chi connectivity index (χ3n) is 3.41. The van der Waals surface area contributed by atoms with Crippen LogP contribution in [0.3, 0.4) is 0 Å². The maximum atomic E-state index is 6.22. The molecule has 0 bridgehead atoms. The average Bonchev–Trinajstić information content (AvgIpc) is 3.12. The Morgan fingerprint density at radius 1 is 1.32 bits per heavy atom. The summed E-state index contributed by atoms with van der Waals surface area (Å²) in [6.45, 7) is 2.84. The first kappa shape index (κ1) is 15.1. The molecule has 3 aromatic rings. The molecule has 0 fully saturated rings. The summed E-state index contributed by atoms with van der Waals surface area (Å²) >= 11 is 7.80. The summed E-state index contributed by atoms with van der Waals surface area (Å²) in [6, 6.07) is 7.76. The molecule has 3 rings (SSSR count). The highest BCUT2D eigenvalue weighted by atomic mass is 35.5. The molecule has 0 aliphatic heterocycles. The quantitative estimate of drug-likeness (QED) is 0.754. The summed E-state index contributed by atoms with van der Waals surface area (Å²) in [5.41, 5.74) is 4.20. The van der Waals surface area contributed by atoms with Crippen LogP contribution in [0.2, 0.25) is 5.02 Å². The molecule has 0 amide bonds. The molecule has 0 saturated heterocycles. The van der Waals surface area contributed by atoms with E-state index in [1.165, 1.54) is 5.56 Å². The third-order valence-corrected chi connectivity index (χ3v) is 4.54. The minimum Gasteiger partial charge on any atom is -0.357 e. The second kappa shape index (κ2) is 6.50. The SMILES string of the molecule is CCc1nn(C)cc1CNc1nc(-c2ccccc2Cl)cs1. The monoisotopic (exact) mass is 332 g/mol. The molecular formula is C16H17ClN4S. The fraction of sp³-hybridized carbons (Fsp3) is 0.250. The predicted molar refractivity (Wildman–Crippen MR) is 92.5 cm³/mol. The zero-order valence-corrected chi connectivity index (χ0v) is 14.1. The Morgan fingerprint density at radius 2 is 2.14 bits per heavy atom. The highest BCUT2D eigenvalue weighted by Crippen LogP contribution is 2.30. The molecule has 6 heteroatoms. The third kappa shape index (κ3) is 3.15. The molecule has 2 aromatic heterocycles. The van der Waals surface area contributed by atoms with E-state index in [4.69, 9.17) is 11.6 Å². The van der Waals surface area contributed by atoms with Crippen molar-refractivity contribution in [2.45, 2.75) is 19.9 Å². The Balaban J connectivity index is 1.73. The van der Waals surface area contributed by atoms with Crippen molar-refractivity contribution in [2.75, 3.05) is 5.32 Å². The van der Waals surface area contributed by atoms with Crippen LogP contribution in [0.1, 0.15) is 18.2 Å². The van der Waals surface area contributed by atoms with Crippen molar-refractivity contribution in [2.24, 2.45) is 7.05 Å². The topological polar surface area (TPSA) is 42.7 Å². The van der Waals surface area contributed by atoms with Crippen molar-refractivity contribution < 1.29 is 0 Å². The number of hydrogen-bond donors (Lipinski definition) is 1. The molecule has 0 unspecified atom stereocenters. The summed E-state index contributed by atoms with van der Waals surface area (Å²) in [6.07, 6.45) is 2.98. The molecule has 0 radical (unpaired) electrons. The Morgan fingerprint density at radius 3 is 2.91 bits per heavy atom.